The van der Waals surface area contributed by atoms with Crippen LogP contribution in [-0.4, -0.2) is 50.6 Å². The summed E-state index contributed by atoms with van der Waals surface area (Å²) in [6, 6.07) is 11.9. The van der Waals surface area contributed by atoms with Crippen molar-refractivity contribution in [3.63, 3.8) is 0 Å². The van der Waals surface area contributed by atoms with Crippen LogP contribution in [0.15, 0.2) is 36.4 Å². The lowest BCUT2D eigenvalue weighted by Crippen LogP contribution is -2.35. The van der Waals surface area contributed by atoms with Crippen molar-refractivity contribution in [3.8, 4) is 11.1 Å². The molecule has 0 amide bonds. The number of thiophene rings is 1. The molecular weight excluding hydrogens is 314 g/mol. The van der Waals surface area contributed by atoms with Gasteiger partial charge in [-0.3, -0.25) is 0 Å². The van der Waals surface area contributed by atoms with Crippen molar-refractivity contribution in [2.75, 3.05) is 44.4 Å². The monoisotopic (exact) mass is 333 g/mol. The van der Waals surface area contributed by atoms with Crippen LogP contribution in [0.25, 0.3) is 11.1 Å². The van der Waals surface area contributed by atoms with E-state index < -0.39 is 0 Å². The average Bonchev–Trinajstić information content (AvgIpc) is 3.06. The van der Waals surface area contributed by atoms with E-state index in [-0.39, 0.29) is 19.2 Å². The molecule has 1 aromatic heterocycles. The Kier molecular flexibility index (Phi) is 5.27. The summed E-state index contributed by atoms with van der Waals surface area (Å²) in [5.41, 5.74) is 2.11. The van der Waals surface area contributed by atoms with E-state index in [0.29, 0.717) is 18.1 Å². The SMILES string of the molecule is O=C(OCCO)c1cc(-c2ccccc2)c(N2CCOCC2)s1. The first-order valence-electron chi connectivity index (χ1n) is 7.59. The Hall–Kier alpha value is -1.89. The maximum absolute atomic E-state index is 12.1. The van der Waals surface area contributed by atoms with E-state index in [4.69, 9.17) is 14.6 Å². The van der Waals surface area contributed by atoms with Gasteiger partial charge in [0.05, 0.1) is 24.8 Å². The van der Waals surface area contributed by atoms with E-state index in [1.165, 1.54) is 11.3 Å². The lowest BCUT2D eigenvalue weighted by molar-refractivity contribution is 0.0439. The zero-order valence-electron chi connectivity index (χ0n) is 12.7. The summed E-state index contributed by atoms with van der Waals surface area (Å²) in [5.74, 6) is -0.388. The summed E-state index contributed by atoms with van der Waals surface area (Å²) in [5, 5.41) is 9.87. The van der Waals surface area contributed by atoms with Crippen molar-refractivity contribution in [2.24, 2.45) is 0 Å². The number of aliphatic hydroxyl groups is 1. The Balaban J connectivity index is 1.94. The number of hydrogen-bond acceptors (Lipinski definition) is 6. The molecule has 0 radical (unpaired) electrons. The maximum atomic E-state index is 12.1. The quantitative estimate of drug-likeness (QED) is 0.852. The second kappa shape index (κ2) is 7.59. The van der Waals surface area contributed by atoms with Crippen LogP contribution in [-0.2, 0) is 9.47 Å². The number of morpholine rings is 1. The maximum Gasteiger partial charge on any atom is 0.348 e. The minimum atomic E-state index is -0.388. The van der Waals surface area contributed by atoms with E-state index >= 15 is 0 Å². The molecule has 1 N–H and O–H groups in total. The molecule has 0 aliphatic carbocycles. The minimum Gasteiger partial charge on any atom is -0.459 e. The predicted octanol–water partition coefficient (Wildman–Crippen LogP) is 2.40. The van der Waals surface area contributed by atoms with Crippen molar-refractivity contribution < 1.29 is 19.4 Å². The number of anilines is 1. The van der Waals surface area contributed by atoms with Gasteiger partial charge < -0.3 is 19.5 Å². The molecule has 1 aliphatic rings. The van der Waals surface area contributed by atoms with Crippen molar-refractivity contribution >= 4 is 22.3 Å². The molecule has 1 aliphatic heterocycles. The van der Waals surface area contributed by atoms with Gasteiger partial charge in [-0.1, -0.05) is 30.3 Å². The molecule has 0 saturated carbocycles. The van der Waals surface area contributed by atoms with E-state index in [0.717, 1.165) is 29.2 Å². The third-order valence-corrected chi connectivity index (χ3v) is 4.80. The van der Waals surface area contributed by atoms with Gasteiger partial charge in [0.2, 0.25) is 0 Å². The highest BCUT2D eigenvalue weighted by Gasteiger charge is 2.22. The van der Waals surface area contributed by atoms with Crippen LogP contribution in [0.5, 0.6) is 0 Å². The molecule has 1 fully saturated rings. The standard InChI is InChI=1S/C17H19NO4S/c19-8-11-22-17(20)15-12-14(13-4-2-1-3-5-13)16(23-15)18-6-9-21-10-7-18/h1-5,12,19H,6-11H2. The van der Waals surface area contributed by atoms with Crippen molar-refractivity contribution in [1.29, 1.82) is 0 Å². The number of carbonyl (C=O) groups excluding carboxylic acids is 1. The van der Waals surface area contributed by atoms with Crippen molar-refractivity contribution in [3.05, 3.63) is 41.3 Å². The number of carbonyl (C=O) groups is 1. The minimum absolute atomic E-state index is 0.0181. The van der Waals surface area contributed by atoms with Crippen LogP contribution < -0.4 is 4.90 Å². The highest BCUT2D eigenvalue weighted by atomic mass is 32.1. The van der Waals surface area contributed by atoms with Crippen molar-refractivity contribution in [1.82, 2.24) is 0 Å². The molecule has 6 heteroatoms. The largest absolute Gasteiger partial charge is 0.459 e. The van der Waals surface area contributed by atoms with Gasteiger partial charge in [0.15, 0.2) is 0 Å². The number of aliphatic hydroxyl groups excluding tert-OH is 1. The molecule has 2 heterocycles. The smallest absolute Gasteiger partial charge is 0.348 e. The Morgan fingerprint density at radius 3 is 2.70 bits per heavy atom. The first-order valence-corrected chi connectivity index (χ1v) is 8.41. The Labute approximate surface area is 139 Å². The van der Waals surface area contributed by atoms with Crippen LogP contribution in [0.2, 0.25) is 0 Å². The summed E-state index contributed by atoms with van der Waals surface area (Å²) in [6.07, 6.45) is 0. The zero-order chi connectivity index (χ0) is 16.1. The lowest BCUT2D eigenvalue weighted by atomic mass is 10.1. The Morgan fingerprint density at radius 2 is 2.00 bits per heavy atom. The fraction of sp³-hybridized carbons (Fsp3) is 0.353. The third kappa shape index (κ3) is 3.72. The lowest BCUT2D eigenvalue weighted by Gasteiger charge is -2.28. The molecule has 23 heavy (non-hydrogen) atoms. The molecule has 122 valence electrons. The molecular formula is C17H19NO4S. The van der Waals surface area contributed by atoms with E-state index in [1.807, 2.05) is 36.4 Å². The van der Waals surface area contributed by atoms with Gasteiger partial charge in [-0.2, -0.15) is 0 Å². The molecule has 0 unspecified atom stereocenters. The van der Waals surface area contributed by atoms with Gasteiger partial charge in [0, 0.05) is 18.7 Å². The number of benzene rings is 1. The highest BCUT2D eigenvalue weighted by molar-refractivity contribution is 7.18. The van der Waals surface area contributed by atoms with E-state index in [2.05, 4.69) is 4.90 Å². The number of nitrogens with zero attached hydrogens (tertiary/aromatic N) is 1. The Morgan fingerprint density at radius 1 is 1.26 bits per heavy atom. The molecule has 1 saturated heterocycles. The number of rotatable bonds is 5. The molecule has 2 aromatic rings. The highest BCUT2D eigenvalue weighted by Crippen LogP contribution is 2.39. The topological polar surface area (TPSA) is 59.0 Å². The molecule has 0 spiro atoms. The van der Waals surface area contributed by atoms with Crippen LogP contribution in [0.4, 0.5) is 5.00 Å². The summed E-state index contributed by atoms with van der Waals surface area (Å²) in [4.78, 5) is 14.9. The average molecular weight is 333 g/mol. The summed E-state index contributed by atoms with van der Waals surface area (Å²) < 4.78 is 10.5. The van der Waals surface area contributed by atoms with E-state index in [1.54, 1.807) is 0 Å². The second-order valence-electron chi connectivity index (χ2n) is 5.15. The van der Waals surface area contributed by atoms with Gasteiger partial charge in [0.1, 0.15) is 11.5 Å². The molecule has 3 rings (SSSR count). The fourth-order valence-electron chi connectivity index (χ4n) is 2.52. The first-order chi connectivity index (χ1) is 11.3. The molecule has 0 atom stereocenters. The normalized spacial score (nSPS) is 14.7. The summed E-state index contributed by atoms with van der Waals surface area (Å²) >= 11 is 1.43. The summed E-state index contributed by atoms with van der Waals surface area (Å²) in [6.45, 7) is 2.85. The number of hydrogen-bond donors (Lipinski definition) is 1. The fourth-order valence-corrected chi connectivity index (χ4v) is 3.64. The zero-order valence-corrected chi connectivity index (χ0v) is 13.6. The molecule has 0 bridgehead atoms. The van der Waals surface area contributed by atoms with Crippen LogP contribution in [0.3, 0.4) is 0 Å². The summed E-state index contributed by atoms with van der Waals surface area (Å²) in [7, 11) is 0. The predicted molar refractivity (Wildman–Crippen MR) is 90.2 cm³/mol. The third-order valence-electron chi connectivity index (χ3n) is 3.62. The van der Waals surface area contributed by atoms with Gasteiger partial charge in [-0.25, -0.2) is 4.79 Å². The van der Waals surface area contributed by atoms with Gasteiger partial charge in [-0.05, 0) is 11.6 Å². The molecule has 5 nitrogen and oxygen atoms in total. The van der Waals surface area contributed by atoms with E-state index in [9.17, 15) is 4.79 Å². The molecule has 1 aromatic carbocycles. The van der Waals surface area contributed by atoms with Crippen LogP contribution in [0, 0.1) is 0 Å². The Bertz CT molecular complexity index is 650. The van der Waals surface area contributed by atoms with Gasteiger partial charge >= 0.3 is 5.97 Å². The van der Waals surface area contributed by atoms with Crippen molar-refractivity contribution in [2.45, 2.75) is 0 Å². The van der Waals surface area contributed by atoms with Gasteiger partial charge in [0.25, 0.3) is 0 Å². The number of esters is 1. The second-order valence-corrected chi connectivity index (χ2v) is 6.19. The van der Waals surface area contributed by atoms with Crippen LogP contribution in [0.1, 0.15) is 9.67 Å². The first kappa shape index (κ1) is 16.0. The van der Waals surface area contributed by atoms with Crippen LogP contribution >= 0.6 is 11.3 Å². The van der Waals surface area contributed by atoms with Gasteiger partial charge in [-0.15, -0.1) is 11.3 Å². The number of ether oxygens (including phenoxy) is 2.